The summed E-state index contributed by atoms with van der Waals surface area (Å²) in [5.74, 6) is 0.671. The lowest BCUT2D eigenvalue weighted by molar-refractivity contribution is 0.0981. The maximum absolute atomic E-state index is 12.4. The number of sulfone groups is 1. The standard InChI is InChI=1S/C14H18O5S/c1-18-11-7-6-10(9-12(11)19-2)14(15)13-5-3-4-8-20(13,16)17/h6-7,9,13H,3-5,8H2,1-2H3. The molecule has 1 aromatic carbocycles. The highest BCUT2D eigenvalue weighted by Gasteiger charge is 2.35. The van der Waals surface area contributed by atoms with Crippen molar-refractivity contribution >= 4 is 15.6 Å². The Bertz CT molecular complexity index is 606. The average Bonchev–Trinajstić information content (AvgIpc) is 2.45. The first-order valence-corrected chi connectivity index (χ1v) is 8.19. The van der Waals surface area contributed by atoms with E-state index in [1.165, 1.54) is 20.3 Å². The Morgan fingerprint density at radius 3 is 2.45 bits per heavy atom. The van der Waals surface area contributed by atoms with Crippen molar-refractivity contribution in [2.75, 3.05) is 20.0 Å². The number of hydrogen-bond donors (Lipinski definition) is 0. The van der Waals surface area contributed by atoms with Crippen molar-refractivity contribution in [3.63, 3.8) is 0 Å². The predicted molar refractivity (Wildman–Crippen MR) is 75.3 cm³/mol. The number of carbonyl (C=O) groups is 1. The quantitative estimate of drug-likeness (QED) is 0.793. The second-order valence-corrected chi connectivity index (χ2v) is 7.09. The third-order valence-electron chi connectivity index (χ3n) is 3.54. The summed E-state index contributed by atoms with van der Waals surface area (Å²) in [6.45, 7) is 0. The van der Waals surface area contributed by atoms with Crippen LogP contribution in [0.3, 0.4) is 0 Å². The topological polar surface area (TPSA) is 69.7 Å². The van der Waals surface area contributed by atoms with Crippen LogP contribution in [0.2, 0.25) is 0 Å². The molecule has 1 unspecified atom stereocenters. The van der Waals surface area contributed by atoms with Gasteiger partial charge in [-0.05, 0) is 31.0 Å². The summed E-state index contributed by atoms with van der Waals surface area (Å²) in [6.07, 6.45) is 1.80. The Balaban J connectivity index is 2.33. The van der Waals surface area contributed by atoms with E-state index in [-0.39, 0.29) is 11.5 Å². The molecular weight excluding hydrogens is 280 g/mol. The highest BCUT2D eigenvalue weighted by Crippen LogP contribution is 2.30. The number of ketones is 1. The van der Waals surface area contributed by atoms with Gasteiger partial charge < -0.3 is 9.47 Å². The fourth-order valence-electron chi connectivity index (χ4n) is 2.42. The predicted octanol–water partition coefficient (Wildman–Crippen LogP) is 1.85. The lowest BCUT2D eigenvalue weighted by Crippen LogP contribution is -2.35. The number of rotatable bonds is 4. The van der Waals surface area contributed by atoms with Crippen molar-refractivity contribution in [2.45, 2.75) is 24.5 Å². The van der Waals surface area contributed by atoms with Gasteiger partial charge in [-0.25, -0.2) is 8.42 Å². The van der Waals surface area contributed by atoms with Gasteiger partial charge in [-0.1, -0.05) is 6.42 Å². The van der Waals surface area contributed by atoms with Crippen LogP contribution in [0, 0.1) is 0 Å². The van der Waals surface area contributed by atoms with Crippen molar-refractivity contribution in [3.05, 3.63) is 23.8 Å². The molecule has 0 aliphatic carbocycles. The van der Waals surface area contributed by atoms with Crippen molar-refractivity contribution in [1.82, 2.24) is 0 Å². The Morgan fingerprint density at radius 1 is 1.15 bits per heavy atom. The fourth-order valence-corrected chi connectivity index (χ4v) is 4.30. The number of methoxy groups -OCH3 is 2. The van der Waals surface area contributed by atoms with Crippen LogP contribution in [0.25, 0.3) is 0 Å². The third kappa shape index (κ3) is 2.80. The van der Waals surface area contributed by atoms with Crippen LogP contribution < -0.4 is 9.47 Å². The molecule has 5 nitrogen and oxygen atoms in total. The molecule has 0 saturated carbocycles. The summed E-state index contributed by atoms with van der Waals surface area (Å²) in [5, 5.41) is -0.922. The van der Waals surface area contributed by atoms with Crippen LogP contribution in [0.15, 0.2) is 18.2 Å². The van der Waals surface area contributed by atoms with E-state index in [0.717, 1.165) is 6.42 Å². The zero-order valence-electron chi connectivity index (χ0n) is 11.6. The van der Waals surface area contributed by atoms with E-state index in [0.29, 0.717) is 29.9 Å². The van der Waals surface area contributed by atoms with Crippen LogP contribution in [-0.4, -0.2) is 39.4 Å². The summed E-state index contributed by atoms with van der Waals surface area (Å²) < 4.78 is 34.2. The smallest absolute Gasteiger partial charge is 0.181 e. The van der Waals surface area contributed by atoms with Crippen molar-refractivity contribution in [2.24, 2.45) is 0 Å². The highest BCUT2D eigenvalue weighted by atomic mass is 32.2. The van der Waals surface area contributed by atoms with Crippen LogP contribution in [0.5, 0.6) is 11.5 Å². The van der Waals surface area contributed by atoms with Crippen molar-refractivity contribution in [1.29, 1.82) is 0 Å². The molecule has 1 heterocycles. The van der Waals surface area contributed by atoms with Gasteiger partial charge >= 0.3 is 0 Å². The molecule has 0 radical (unpaired) electrons. The maximum Gasteiger partial charge on any atom is 0.181 e. The average molecular weight is 298 g/mol. The largest absolute Gasteiger partial charge is 0.493 e. The molecule has 0 amide bonds. The summed E-state index contributed by atoms with van der Waals surface area (Å²) >= 11 is 0. The monoisotopic (exact) mass is 298 g/mol. The summed E-state index contributed by atoms with van der Waals surface area (Å²) in [5.41, 5.74) is 0.345. The minimum atomic E-state index is -3.33. The molecule has 1 aromatic rings. The summed E-state index contributed by atoms with van der Waals surface area (Å²) in [7, 11) is -0.347. The normalized spacial score (nSPS) is 21.2. The molecule has 1 atom stereocenters. The number of benzene rings is 1. The molecule has 0 aromatic heterocycles. The Hall–Kier alpha value is -1.56. The van der Waals surface area contributed by atoms with Gasteiger partial charge in [-0.3, -0.25) is 4.79 Å². The molecule has 0 N–H and O–H groups in total. The molecule has 1 saturated heterocycles. The number of hydrogen-bond acceptors (Lipinski definition) is 5. The van der Waals surface area contributed by atoms with E-state index < -0.39 is 15.1 Å². The second-order valence-electron chi connectivity index (χ2n) is 4.79. The van der Waals surface area contributed by atoms with Crippen LogP contribution in [0.1, 0.15) is 29.6 Å². The lowest BCUT2D eigenvalue weighted by atomic mass is 10.0. The maximum atomic E-state index is 12.4. The molecule has 1 aliphatic heterocycles. The first kappa shape index (κ1) is 14.8. The fraction of sp³-hybridized carbons (Fsp3) is 0.500. The molecule has 0 spiro atoms. The molecule has 0 bridgehead atoms. The first-order chi connectivity index (χ1) is 9.49. The zero-order chi connectivity index (χ0) is 14.8. The molecule has 6 heteroatoms. The molecular formula is C14H18O5S. The van der Waals surface area contributed by atoms with Gasteiger partial charge in [-0.15, -0.1) is 0 Å². The highest BCUT2D eigenvalue weighted by molar-refractivity contribution is 7.92. The Kier molecular flexibility index (Phi) is 4.32. The molecule has 20 heavy (non-hydrogen) atoms. The molecule has 1 fully saturated rings. The zero-order valence-corrected chi connectivity index (χ0v) is 12.4. The van der Waals surface area contributed by atoms with E-state index >= 15 is 0 Å². The van der Waals surface area contributed by atoms with E-state index in [4.69, 9.17) is 9.47 Å². The molecule has 1 aliphatic rings. The number of carbonyl (C=O) groups excluding carboxylic acids is 1. The molecule has 110 valence electrons. The van der Waals surface area contributed by atoms with E-state index in [1.807, 2.05) is 0 Å². The van der Waals surface area contributed by atoms with Crippen LogP contribution in [0.4, 0.5) is 0 Å². The third-order valence-corrected chi connectivity index (χ3v) is 5.71. The Labute approximate surface area is 118 Å². The first-order valence-electron chi connectivity index (χ1n) is 6.47. The second kappa shape index (κ2) is 5.83. The van der Waals surface area contributed by atoms with E-state index in [2.05, 4.69) is 0 Å². The Morgan fingerprint density at radius 2 is 1.85 bits per heavy atom. The van der Waals surface area contributed by atoms with Crippen molar-refractivity contribution in [3.8, 4) is 11.5 Å². The van der Waals surface area contributed by atoms with Gasteiger partial charge in [0.2, 0.25) is 0 Å². The molecule has 2 rings (SSSR count). The van der Waals surface area contributed by atoms with Crippen molar-refractivity contribution < 1.29 is 22.7 Å². The van der Waals surface area contributed by atoms with E-state index in [1.54, 1.807) is 12.1 Å². The van der Waals surface area contributed by atoms with Crippen LogP contribution in [-0.2, 0) is 9.84 Å². The van der Waals surface area contributed by atoms with Gasteiger partial charge in [0.1, 0.15) is 5.25 Å². The number of ether oxygens (including phenoxy) is 2. The van der Waals surface area contributed by atoms with E-state index in [9.17, 15) is 13.2 Å². The minimum Gasteiger partial charge on any atom is -0.493 e. The summed E-state index contributed by atoms with van der Waals surface area (Å²) in [6, 6.07) is 4.72. The lowest BCUT2D eigenvalue weighted by Gasteiger charge is -2.21. The summed E-state index contributed by atoms with van der Waals surface area (Å²) in [4.78, 5) is 12.4. The van der Waals surface area contributed by atoms with Gasteiger partial charge in [-0.2, -0.15) is 0 Å². The number of Topliss-reactive ketones (excluding diaryl/α,β-unsaturated/α-hetero) is 1. The van der Waals surface area contributed by atoms with Gasteiger partial charge in [0.05, 0.1) is 20.0 Å². The minimum absolute atomic E-state index is 0.0939. The van der Waals surface area contributed by atoms with Gasteiger partial charge in [0, 0.05) is 5.56 Å². The SMILES string of the molecule is COc1ccc(C(=O)C2CCCCS2(=O)=O)cc1OC. The van der Waals surface area contributed by atoms with Gasteiger partial charge in [0.15, 0.2) is 27.1 Å². The van der Waals surface area contributed by atoms with Crippen LogP contribution >= 0.6 is 0 Å². The van der Waals surface area contributed by atoms with Gasteiger partial charge in [0.25, 0.3) is 0 Å².